The number of fused-ring (bicyclic) bond motifs is 1. The summed E-state index contributed by atoms with van der Waals surface area (Å²) in [6, 6.07) is 0. The van der Waals surface area contributed by atoms with Crippen molar-refractivity contribution in [2.24, 2.45) is 17.3 Å². The molecule has 0 aromatic heterocycles. The van der Waals surface area contributed by atoms with Gasteiger partial charge >= 0.3 is 0 Å². The molecule has 10 heavy (non-hydrogen) atoms. The maximum atomic E-state index is 11.3. The van der Waals surface area contributed by atoms with Crippen molar-refractivity contribution < 1.29 is 4.79 Å². The second-order valence-corrected chi connectivity index (χ2v) is 4.12. The van der Waals surface area contributed by atoms with E-state index in [1.807, 2.05) is 11.9 Å². The highest BCUT2D eigenvalue weighted by Crippen LogP contribution is 2.62. The molecule has 2 aliphatic rings. The number of rotatable bonds is 0. The number of likely N-dealkylation sites (tertiary alicyclic amines) is 1. The van der Waals surface area contributed by atoms with E-state index in [9.17, 15) is 4.79 Å². The van der Waals surface area contributed by atoms with Gasteiger partial charge in [0, 0.05) is 19.5 Å². The van der Waals surface area contributed by atoms with E-state index < -0.39 is 0 Å². The molecule has 0 bridgehead atoms. The Kier molecular flexibility index (Phi) is 0.859. The maximum absolute atomic E-state index is 11.3. The molecule has 0 N–H and O–H groups in total. The molecule has 2 nitrogen and oxygen atoms in total. The zero-order chi connectivity index (χ0) is 7.52. The van der Waals surface area contributed by atoms with Crippen LogP contribution in [0.25, 0.3) is 0 Å². The van der Waals surface area contributed by atoms with Crippen LogP contribution in [0.1, 0.15) is 13.8 Å². The van der Waals surface area contributed by atoms with Crippen LogP contribution in [0.3, 0.4) is 0 Å². The van der Waals surface area contributed by atoms with Crippen LogP contribution in [0.5, 0.6) is 0 Å². The van der Waals surface area contributed by atoms with Crippen molar-refractivity contribution in [3.8, 4) is 0 Å². The summed E-state index contributed by atoms with van der Waals surface area (Å²) in [5, 5.41) is 0. The summed E-state index contributed by atoms with van der Waals surface area (Å²) in [7, 11) is 1.89. The Labute approximate surface area is 61.2 Å². The molecule has 0 radical (unpaired) electrons. The van der Waals surface area contributed by atoms with Gasteiger partial charge in [-0.15, -0.1) is 0 Å². The number of nitrogens with zero attached hydrogens (tertiary/aromatic N) is 1. The van der Waals surface area contributed by atoms with Crippen molar-refractivity contribution >= 4 is 5.91 Å². The summed E-state index contributed by atoms with van der Waals surface area (Å²) in [5.41, 5.74) is 0.323. The van der Waals surface area contributed by atoms with Gasteiger partial charge in [0.15, 0.2) is 0 Å². The second-order valence-electron chi connectivity index (χ2n) is 4.12. The first kappa shape index (κ1) is 6.20. The fourth-order valence-corrected chi connectivity index (χ4v) is 2.20. The zero-order valence-corrected chi connectivity index (χ0v) is 6.72. The van der Waals surface area contributed by atoms with E-state index in [4.69, 9.17) is 0 Å². The topological polar surface area (TPSA) is 20.3 Å². The van der Waals surface area contributed by atoms with Gasteiger partial charge in [0.05, 0.1) is 0 Å². The van der Waals surface area contributed by atoms with Gasteiger partial charge < -0.3 is 4.90 Å². The van der Waals surface area contributed by atoms with Crippen molar-refractivity contribution in [3.63, 3.8) is 0 Å². The first-order chi connectivity index (χ1) is 4.55. The fourth-order valence-electron chi connectivity index (χ4n) is 2.20. The van der Waals surface area contributed by atoms with E-state index in [1.165, 1.54) is 0 Å². The van der Waals surface area contributed by atoms with Crippen LogP contribution in [0, 0.1) is 17.3 Å². The number of carbonyl (C=O) groups excluding carboxylic acids is 1. The number of piperidine rings is 1. The Balaban J connectivity index is 2.21. The fraction of sp³-hybridized carbons (Fsp3) is 0.875. The third kappa shape index (κ3) is 0.482. The second kappa shape index (κ2) is 1.39. The van der Waals surface area contributed by atoms with E-state index >= 15 is 0 Å². The predicted molar refractivity (Wildman–Crippen MR) is 38.4 cm³/mol. The average molecular weight is 139 g/mol. The molecule has 0 aromatic rings. The van der Waals surface area contributed by atoms with Gasteiger partial charge in [0.1, 0.15) is 0 Å². The van der Waals surface area contributed by atoms with E-state index in [0.29, 0.717) is 23.2 Å². The molecular formula is C8H13NO. The average Bonchev–Trinajstić information content (AvgIpc) is 2.12. The normalized spacial score (nSPS) is 41.9. The molecular weight excluding hydrogens is 126 g/mol. The minimum Gasteiger partial charge on any atom is -0.345 e. The summed E-state index contributed by atoms with van der Waals surface area (Å²) in [6.45, 7) is 5.36. The van der Waals surface area contributed by atoms with Gasteiger partial charge in [-0.05, 0) is 11.3 Å². The molecule has 56 valence electrons. The molecule has 1 amide bonds. The molecule has 1 saturated carbocycles. The molecule has 1 heterocycles. The minimum atomic E-state index is 0.323. The van der Waals surface area contributed by atoms with Crippen molar-refractivity contribution in [3.05, 3.63) is 0 Å². The lowest BCUT2D eigenvalue weighted by molar-refractivity contribution is -0.129. The van der Waals surface area contributed by atoms with Gasteiger partial charge in [-0.25, -0.2) is 0 Å². The lowest BCUT2D eigenvalue weighted by atomic mass is 10.1. The standard InChI is InChI=1S/C8H13NO/c1-8(2)5-4-9(3)7(10)6(5)8/h5-6H,4H2,1-3H3/t5-,6-/m1/s1. The predicted octanol–water partition coefficient (Wildman–Crippen LogP) is 0.731. The summed E-state index contributed by atoms with van der Waals surface area (Å²) in [4.78, 5) is 13.1. The van der Waals surface area contributed by atoms with Gasteiger partial charge in [0.2, 0.25) is 5.91 Å². The van der Waals surface area contributed by atoms with E-state index in [1.54, 1.807) is 0 Å². The van der Waals surface area contributed by atoms with Crippen LogP contribution in [-0.4, -0.2) is 24.4 Å². The van der Waals surface area contributed by atoms with Crippen molar-refractivity contribution in [1.29, 1.82) is 0 Å². The van der Waals surface area contributed by atoms with Gasteiger partial charge in [0.25, 0.3) is 0 Å². The molecule has 2 fully saturated rings. The molecule has 1 aliphatic carbocycles. The van der Waals surface area contributed by atoms with Crippen LogP contribution in [0.15, 0.2) is 0 Å². The van der Waals surface area contributed by atoms with Crippen LogP contribution < -0.4 is 0 Å². The third-order valence-corrected chi connectivity index (χ3v) is 3.16. The first-order valence-corrected chi connectivity index (χ1v) is 3.80. The highest BCUT2D eigenvalue weighted by atomic mass is 16.2. The van der Waals surface area contributed by atoms with Gasteiger partial charge in [-0.2, -0.15) is 0 Å². The monoisotopic (exact) mass is 139 g/mol. The van der Waals surface area contributed by atoms with Crippen LogP contribution in [-0.2, 0) is 4.79 Å². The Morgan fingerprint density at radius 2 is 2.20 bits per heavy atom. The van der Waals surface area contributed by atoms with E-state index in [-0.39, 0.29) is 0 Å². The summed E-state index contributed by atoms with van der Waals surface area (Å²) >= 11 is 0. The molecule has 1 aliphatic heterocycles. The molecule has 0 unspecified atom stereocenters. The summed E-state index contributed by atoms with van der Waals surface area (Å²) in [6.07, 6.45) is 0. The van der Waals surface area contributed by atoms with Crippen LogP contribution in [0.4, 0.5) is 0 Å². The smallest absolute Gasteiger partial charge is 0.226 e. The lowest BCUT2D eigenvalue weighted by Crippen LogP contribution is -2.27. The molecule has 0 spiro atoms. The molecule has 1 saturated heterocycles. The third-order valence-electron chi connectivity index (χ3n) is 3.16. The highest BCUT2D eigenvalue weighted by molar-refractivity contribution is 5.85. The number of hydrogen-bond donors (Lipinski definition) is 0. The van der Waals surface area contributed by atoms with E-state index in [2.05, 4.69) is 13.8 Å². The van der Waals surface area contributed by atoms with Crippen molar-refractivity contribution in [2.45, 2.75) is 13.8 Å². The SMILES string of the molecule is CN1C[C@@H]2[C@H](C1=O)C2(C)C. The number of carbonyl (C=O) groups is 1. The van der Waals surface area contributed by atoms with Crippen LogP contribution >= 0.6 is 0 Å². The van der Waals surface area contributed by atoms with E-state index in [0.717, 1.165) is 6.54 Å². The molecule has 2 heteroatoms. The largest absolute Gasteiger partial charge is 0.345 e. The number of amides is 1. The van der Waals surface area contributed by atoms with Gasteiger partial charge in [-0.1, -0.05) is 13.8 Å². The lowest BCUT2D eigenvalue weighted by Gasteiger charge is -2.16. The molecule has 2 atom stereocenters. The maximum Gasteiger partial charge on any atom is 0.226 e. The van der Waals surface area contributed by atoms with Crippen LogP contribution in [0.2, 0.25) is 0 Å². The number of hydrogen-bond acceptors (Lipinski definition) is 1. The summed E-state index contributed by atoms with van der Waals surface area (Å²) < 4.78 is 0. The zero-order valence-electron chi connectivity index (χ0n) is 6.72. The summed E-state index contributed by atoms with van der Waals surface area (Å²) in [5.74, 6) is 1.37. The Morgan fingerprint density at radius 1 is 1.60 bits per heavy atom. The molecule has 0 aromatic carbocycles. The Bertz CT molecular complexity index is 197. The quantitative estimate of drug-likeness (QED) is 0.484. The Morgan fingerprint density at radius 3 is 2.50 bits per heavy atom. The van der Waals surface area contributed by atoms with Crippen molar-refractivity contribution in [2.75, 3.05) is 13.6 Å². The van der Waals surface area contributed by atoms with Crippen molar-refractivity contribution in [1.82, 2.24) is 4.90 Å². The highest BCUT2D eigenvalue weighted by Gasteiger charge is 2.66. The minimum absolute atomic E-state index is 0.323. The van der Waals surface area contributed by atoms with Gasteiger partial charge in [-0.3, -0.25) is 4.79 Å². The molecule has 2 rings (SSSR count). The first-order valence-electron chi connectivity index (χ1n) is 3.80. The Hall–Kier alpha value is -0.530.